The molecule has 2 aromatic rings. The molecule has 0 saturated carbocycles. The molecule has 0 spiro atoms. The molecule has 1 aliphatic heterocycles. The van der Waals surface area contributed by atoms with Gasteiger partial charge in [0.1, 0.15) is 18.1 Å². The number of aromatic nitrogens is 1. The van der Waals surface area contributed by atoms with Crippen molar-refractivity contribution < 1.29 is 18.8 Å². The van der Waals surface area contributed by atoms with Crippen LogP contribution in [0.2, 0.25) is 0 Å². The molecule has 0 unspecified atom stereocenters. The fourth-order valence-electron chi connectivity index (χ4n) is 2.89. The summed E-state index contributed by atoms with van der Waals surface area (Å²) in [6.45, 7) is 8.79. The van der Waals surface area contributed by atoms with E-state index < -0.39 is 0 Å². The van der Waals surface area contributed by atoms with Crippen LogP contribution in [0.15, 0.2) is 28.8 Å². The van der Waals surface area contributed by atoms with Crippen LogP contribution in [0.1, 0.15) is 27.4 Å². The third-order valence-electron chi connectivity index (χ3n) is 4.50. The van der Waals surface area contributed by atoms with Gasteiger partial charge in [0.25, 0.3) is 5.91 Å². The van der Waals surface area contributed by atoms with Gasteiger partial charge in [-0.2, -0.15) is 0 Å². The van der Waals surface area contributed by atoms with Gasteiger partial charge in [-0.3, -0.25) is 9.69 Å². The van der Waals surface area contributed by atoms with Gasteiger partial charge in [-0.1, -0.05) is 17.3 Å². The van der Waals surface area contributed by atoms with Crippen molar-refractivity contribution in [3.8, 4) is 5.75 Å². The summed E-state index contributed by atoms with van der Waals surface area (Å²) in [7, 11) is 0. The standard InChI is InChI=1S/C19H25N3O4/c1-14-17(15(2)26-21-14)13-25-18-6-4-3-5-16(18)19(23)20-7-8-22-9-11-24-12-10-22/h3-6H,7-13H2,1-2H3,(H,20,23). The zero-order chi connectivity index (χ0) is 18.4. The molecule has 26 heavy (non-hydrogen) atoms. The second-order valence-electron chi connectivity index (χ2n) is 6.30. The smallest absolute Gasteiger partial charge is 0.255 e. The third kappa shape index (κ3) is 4.62. The summed E-state index contributed by atoms with van der Waals surface area (Å²) >= 11 is 0. The van der Waals surface area contributed by atoms with E-state index in [-0.39, 0.29) is 5.91 Å². The van der Waals surface area contributed by atoms with E-state index in [1.54, 1.807) is 12.1 Å². The molecular formula is C19H25N3O4. The molecule has 2 heterocycles. The third-order valence-corrected chi connectivity index (χ3v) is 4.50. The number of hydrogen-bond acceptors (Lipinski definition) is 6. The van der Waals surface area contributed by atoms with Crippen LogP contribution in [0.5, 0.6) is 5.75 Å². The molecule has 1 aromatic heterocycles. The van der Waals surface area contributed by atoms with Crippen LogP contribution < -0.4 is 10.1 Å². The maximum Gasteiger partial charge on any atom is 0.255 e. The number of carbonyl (C=O) groups excluding carboxylic acids is 1. The van der Waals surface area contributed by atoms with Crippen molar-refractivity contribution in [3.05, 3.63) is 46.8 Å². The predicted molar refractivity (Wildman–Crippen MR) is 96.3 cm³/mol. The number of benzene rings is 1. The molecule has 0 bridgehead atoms. The summed E-state index contributed by atoms with van der Waals surface area (Å²) < 4.78 is 16.4. The molecule has 0 atom stereocenters. The number of aryl methyl sites for hydroxylation is 2. The van der Waals surface area contributed by atoms with Crippen molar-refractivity contribution in [2.24, 2.45) is 0 Å². The van der Waals surface area contributed by atoms with Gasteiger partial charge in [0.2, 0.25) is 0 Å². The largest absolute Gasteiger partial charge is 0.488 e. The summed E-state index contributed by atoms with van der Waals surface area (Å²) in [5.74, 6) is 1.15. The van der Waals surface area contributed by atoms with E-state index in [0.29, 0.717) is 24.5 Å². The number of rotatable bonds is 7. The lowest BCUT2D eigenvalue weighted by molar-refractivity contribution is 0.0383. The first kappa shape index (κ1) is 18.4. The van der Waals surface area contributed by atoms with E-state index in [1.165, 1.54) is 0 Å². The Labute approximate surface area is 153 Å². The van der Waals surface area contributed by atoms with Crippen molar-refractivity contribution in [2.75, 3.05) is 39.4 Å². The minimum absolute atomic E-state index is 0.132. The minimum Gasteiger partial charge on any atom is -0.488 e. The lowest BCUT2D eigenvalue weighted by Gasteiger charge is -2.26. The highest BCUT2D eigenvalue weighted by Gasteiger charge is 2.15. The fraction of sp³-hybridized carbons (Fsp3) is 0.474. The van der Waals surface area contributed by atoms with Crippen molar-refractivity contribution in [1.82, 2.24) is 15.4 Å². The molecular weight excluding hydrogens is 334 g/mol. The van der Waals surface area contributed by atoms with Crippen molar-refractivity contribution >= 4 is 5.91 Å². The Hall–Kier alpha value is -2.38. The second-order valence-corrected chi connectivity index (χ2v) is 6.30. The Morgan fingerprint density at radius 3 is 2.77 bits per heavy atom. The normalized spacial score (nSPS) is 15.0. The molecule has 7 heteroatoms. The molecule has 3 rings (SSSR count). The fourth-order valence-corrected chi connectivity index (χ4v) is 2.89. The summed E-state index contributed by atoms with van der Waals surface area (Å²) in [4.78, 5) is 14.8. The van der Waals surface area contributed by atoms with E-state index >= 15 is 0 Å². The average molecular weight is 359 g/mol. The zero-order valence-corrected chi connectivity index (χ0v) is 15.3. The highest BCUT2D eigenvalue weighted by atomic mass is 16.5. The van der Waals surface area contributed by atoms with Crippen molar-refractivity contribution in [1.29, 1.82) is 0 Å². The maximum atomic E-state index is 12.5. The molecule has 1 amide bonds. The quantitative estimate of drug-likeness (QED) is 0.814. The number of nitrogens with zero attached hydrogens (tertiary/aromatic N) is 2. The van der Waals surface area contributed by atoms with Crippen LogP contribution in [0.4, 0.5) is 0 Å². The Morgan fingerprint density at radius 1 is 1.27 bits per heavy atom. The number of morpholine rings is 1. The second kappa shape index (κ2) is 8.82. The van der Waals surface area contributed by atoms with Gasteiger partial charge in [0.05, 0.1) is 30.0 Å². The molecule has 0 aliphatic carbocycles. The summed E-state index contributed by atoms with van der Waals surface area (Å²) in [5.41, 5.74) is 2.24. The van der Waals surface area contributed by atoms with Gasteiger partial charge < -0.3 is 19.3 Å². The number of carbonyl (C=O) groups is 1. The summed E-state index contributed by atoms with van der Waals surface area (Å²) in [6.07, 6.45) is 0. The Bertz CT molecular complexity index is 719. The van der Waals surface area contributed by atoms with E-state index in [2.05, 4.69) is 15.4 Å². The van der Waals surface area contributed by atoms with Crippen LogP contribution in [0, 0.1) is 13.8 Å². The molecule has 1 fully saturated rings. The zero-order valence-electron chi connectivity index (χ0n) is 15.3. The molecule has 1 aliphatic rings. The predicted octanol–water partition coefficient (Wildman–Crippen LogP) is 1.93. The van der Waals surface area contributed by atoms with Gasteiger partial charge in [-0.05, 0) is 26.0 Å². The van der Waals surface area contributed by atoms with E-state index in [0.717, 1.165) is 49.9 Å². The van der Waals surface area contributed by atoms with Crippen LogP contribution in [-0.2, 0) is 11.3 Å². The maximum absolute atomic E-state index is 12.5. The van der Waals surface area contributed by atoms with Gasteiger partial charge in [-0.15, -0.1) is 0 Å². The molecule has 1 saturated heterocycles. The highest BCUT2D eigenvalue weighted by molar-refractivity contribution is 5.96. The number of nitrogens with one attached hydrogen (secondary N) is 1. The van der Waals surface area contributed by atoms with E-state index in [9.17, 15) is 4.79 Å². The van der Waals surface area contributed by atoms with Gasteiger partial charge in [0, 0.05) is 26.2 Å². The van der Waals surface area contributed by atoms with Crippen LogP contribution in [-0.4, -0.2) is 55.4 Å². The molecule has 140 valence electrons. The van der Waals surface area contributed by atoms with Crippen molar-refractivity contribution in [2.45, 2.75) is 20.5 Å². The molecule has 7 nitrogen and oxygen atoms in total. The SMILES string of the molecule is Cc1noc(C)c1COc1ccccc1C(=O)NCCN1CCOCC1. The van der Waals surface area contributed by atoms with Gasteiger partial charge >= 0.3 is 0 Å². The Morgan fingerprint density at radius 2 is 2.04 bits per heavy atom. The monoisotopic (exact) mass is 359 g/mol. The van der Waals surface area contributed by atoms with E-state index in [4.69, 9.17) is 14.0 Å². The van der Waals surface area contributed by atoms with Gasteiger partial charge in [0.15, 0.2) is 0 Å². The van der Waals surface area contributed by atoms with E-state index in [1.807, 2.05) is 26.0 Å². The first-order valence-corrected chi connectivity index (χ1v) is 8.87. The Balaban J connectivity index is 1.56. The van der Waals surface area contributed by atoms with Gasteiger partial charge in [-0.25, -0.2) is 0 Å². The van der Waals surface area contributed by atoms with Crippen LogP contribution in [0.3, 0.4) is 0 Å². The first-order chi connectivity index (χ1) is 12.6. The number of para-hydroxylation sites is 1. The highest BCUT2D eigenvalue weighted by Crippen LogP contribution is 2.21. The first-order valence-electron chi connectivity index (χ1n) is 8.87. The summed E-state index contributed by atoms with van der Waals surface area (Å²) in [5, 5.41) is 6.89. The number of hydrogen-bond donors (Lipinski definition) is 1. The van der Waals surface area contributed by atoms with Crippen LogP contribution in [0.25, 0.3) is 0 Å². The minimum atomic E-state index is -0.132. The van der Waals surface area contributed by atoms with Crippen LogP contribution >= 0.6 is 0 Å². The topological polar surface area (TPSA) is 76.8 Å². The lowest BCUT2D eigenvalue weighted by Crippen LogP contribution is -2.41. The number of amides is 1. The Kier molecular flexibility index (Phi) is 6.25. The van der Waals surface area contributed by atoms with Crippen molar-refractivity contribution in [3.63, 3.8) is 0 Å². The molecule has 1 N–H and O–H groups in total. The molecule has 1 aromatic carbocycles. The summed E-state index contributed by atoms with van der Waals surface area (Å²) in [6, 6.07) is 7.26. The molecule has 0 radical (unpaired) electrons. The lowest BCUT2D eigenvalue weighted by atomic mass is 10.2. The average Bonchev–Trinajstić information content (AvgIpc) is 2.99. The number of ether oxygens (including phenoxy) is 2.